The van der Waals surface area contributed by atoms with Gasteiger partial charge in [0, 0.05) is 34.1 Å². The Kier molecular flexibility index (Phi) is 7.78. The molecule has 0 heterocycles. The van der Waals surface area contributed by atoms with Crippen molar-refractivity contribution in [3.05, 3.63) is 70.7 Å². The maximum atomic E-state index is 12.2. The Labute approximate surface area is 189 Å². The third-order valence-electron chi connectivity index (χ3n) is 4.68. The molecule has 0 aliphatic carbocycles. The number of halogens is 1. The summed E-state index contributed by atoms with van der Waals surface area (Å²) in [6.45, 7) is 1.51. The largest absolute Gasteiger partial charge is 0.456 e. The molecule has 0 aromatic heterocycles. The lowest BCUT2D eigenvalue weighted by atomic mass is 10.1. The van der Waals surface area contributed by atoms with Crippen LogP contribution in [0.1, 0.15) is 24.8 Å². The molecule has 0 fully saturated rings. The minimum absolute atomic E-state index is 0.0630. The number of nitrogens with one attached hydrogen (secondary N) is 2. The van der Waals surface area contributed by atoms with Crippen LogP contribution < -0.4 is 10.6 Å². The van der Waals surface area contributed by atoms with Crippen LogP contribution in [0.15, 0.2) is 65.1 Å². The van der Waals surface area contributed by atoms with E-state index < -0.39 is 11.9 Å². The van der Waals surface area contributed by atoms with E-state index in [9.17, 15) is 14.4 Å². The van der Waals surface area contributed by atoms with Gasteiger partial charge in [-0.15, -0.1) is 0 Å². The van der Waals surface area contributed by atoms with E-state index in [0.717, 1.165) is 26.5 Å². The van der Waals surface area contributed by atoms with Crippen molar-refractivity contribution in [2.75, 3.05) is 17.2 Å². The van der Waals surface area contributed by atoms with Gasteiger partial charge in [0.25, 0.3) is 5.91 Å². The van der Waals surface area contributed by atoms with Gasteiger partial charge in [0.1, 0.15) is 0 Å². The molecule has 3 aromatic rings. The topological polar surface area (TPSA) is 84.5 Å². The molecule has 0 aliphatic heterocycles. The molecule has 31 heavy (non-hydrogen) atoms. The average molecular weight is 483 g/mol. The van der Waals surface area contributed by atoms with E-state index in [1.165, 1.54) is 0 Å². The molecule has 2 N–H and O–H groups in total. The monoisotopic (exact) mass is 482 g/mol. The van der Waals surface area contributed by atoms with E-state index in [-0.39, 0.29) is 25.4 Å². The summed E-state index contributed by atoms with van der Waals surface area (Å²) in [6.07, 6.45) is 0.582. The molecular formula is C24H23BrN2O4. The summed E-state index contributed by atoms with van der Waals surface area (Å²) in [5.41, 5.74) is 2.30. The highest BCUT2D eigenvalue weighted by Gasteiger charge is 2.11. The van der Waals surface area contributed by atoms with Gasteiger partial charge >= 0.3 is 5.97 Å². The Bertz CT molecular complexity index is 1110. The zero-order valence-electron chi connectivity index (χ0n) is 17.1. The van der Waals surface area contributed by atoms with Crippen LogP contribution in [0.2, 0.25) is 0 Å². The highest BCUT2D eigenvalue weighted by atomic mass is 79.9. The number of ether oxygens (including phenoxy) is 1. The minimum atomic E-state index is -0.513. The second-order valence-corrected chi connectivity index (χ2v) is 8.01. The van der Waals surface area contributed by atoms with Gasteiger partial charge in [-0.2, -0.15) is 0 Å². The molecule has 0 bridgehead atoms. The first-order chi connectivity index (χ1) is 14.9. The van der Waals surface area contributed by atoms with Crippen molar-refractivity contribution < 1.29 is 19.1 Å². The first-order valence-electron chi connectivity index (χ1n) is 9.91. The minimum Gasteiger partial charge on any atom is -0.456 e. The molecule has 3 rings (SSSR count). The van der Waals surface area contributed by atoms with Crippen LogP contribution in [0.3, 0.4) is 0 Å². The molecule has 160 valence electrons. The molecule has 6 nitrogen and oxygen atoms in total. The summed E-state index contributed by atoms with van der Waals surface area (Å²) >= 11 is 3.36. The van der Waals surface area contributed by atoms with Crippen LogP contribution in [-0.2, 0) is 19.1 Å². The zero-order valence-corrected chi connectivity index (χ0v) is 18.7. The fraction of sp³-hybridized carbons (Fsp3) is 0.208. The van der Waals surface area contributed by atoms with Crippen molar-refractivity contribution in [1.82, 2.24) is 0 Å². The number of rotatable bonds is 8. The highest BCUT2D eigenvalue weighted by Crippen LogP contribution is 2.23. The van der Waals surface area contributed by atoms with Gasteiger partial charge in [0.05, 0.1) is 0 Å². The molecule has 0 spiro atoms. The van der Waals surface area contributed by atoms with Crippen molar-refractivity contribution >= 4 is 55.9 Å². The van der Waals surface area contributed by atoms with E-state index >= 15 is 0 Å². The fourth-order valence-electron chi connectivity index (χ4n) is 3.11. The van der Waals surface area contributed by atoms with Crippen molar-refractivity contribution in [1.29, 1.82) is 0 Å². The Morgan fingerprint density at radius 2 is 1.61 bits per heavy atom. The van der Waals surface area contributed by atoms with Crippen LogP contribution in [0, 0.1) is 6.92 Å². The maximum absolute atomic E-state index is 12.2. The summed E-state index contributed by atoms with van der Waals surface area (Å²) in [4.78, 5) is 36.1. The predicted octanol–water partition coefficient (Wildman–Crippen LogP) is 5.20. The normalized spacial score (nSPS) is 10.5. The first-order valence-corrected chi connectivity index (χ1v) is 10.7. The van der Waals surface area contributed by atoms with E-state index in [0.29, 0.717) is 12.1 Å². The van der Waals surface area contributed by atoms with Gasteiger partial charge in [-0.3, -0.25) is 14.4 Å². The number of hydrogen-bond donors (Lipinski definition) is 2. The molecule has 0 aliphatic rings. The molecule has 7 heteroatoms. The van der Waals surface area contributed by atoms with E-state index in [1.54, 1.807) is 6.07 Å². The van der Waals surface area contributed by atoms with Crippen LogP contribution in [-0.4, -0.2) is 24.4 Å². The Balaban J connectivity index is 1.38. The number of amides is 2. The summed E-state index contributed by atoms with van der Waals surface area (Å²) in [5, 5.41) is 7.60. The number of anilines is 2. The molecule has 2 amide bonds. The molecular weight excluding hydrogens is 460 g/mol. The number of aryl methyl sites for hydroxylation is 1. The van der Waals surface area contributed by atoms with Crippen LogP contribution in [0.5, 0.6) is 0 Å². The third-order valence-corrected chi connectivity index (χ3v) is 5.17. The molecule has 0 radical (unpaired) electrons. The molecule has 0 saturated heterocycles. The smallest absolute Gasteiger partial charge is 0.306 e. The second kappa shape index (κ2) is 10.7. The van der Waals surface area contributed by atoms with Crippen LogP contribution in [0.25, 0.3) is 10.8 Å². The standard InChI is InChI=1S/C24H23BrN2O4/c1-16-14-18(25)12-13-20(16)26-23(29)15-31-24(30)11-5-10-22(28)27-21-9-4-7-17-6-2-3-8-19(17)21/h2-4,6-9,12-14H,5,10-11,15H2,1H3,(H,26,29)(H,27,28). The lowest BCUT2D eigenvalue weighted by Gasteiger charge is -2.10. The number of fused-ring (bicyclic) bond motifs is 1. The van der Waals surface area contributed by atoms with Crippen molar-refractivity contribution in [2.24, 2.45) is 0 Å². The Morgan fingerprint density at radius 1 is 0.871 bits per heavy atom. The predicted molar refractivity (Wildman–Crippen MR) is 125 cm³/mol. The highest BCUT2D eigenvalue weighted by molar-refractivity contribution is 9.10. The first kappa shape index (κ1) is 22.5. The lowest BCUT2D eigenvalue weighted by molar-refractivity contribution is -0.147. The van der Waals surface area contributed by atoms with E-state index in [2.05, 4.69) is 26.6 Å². The van der Waals surface area contributed by atoms with Crippen molar-refractivity contribution in [3.63, 3.8) is 0 Å². The SMILES string of the molecule is Cc1cc(Br)ccc1NC(=O)COC(=O)CCCC(=O)Nc1cccc2ccccc12. The second-order valence-electron chi connectivity index (χ2n) is 7.10. The summed E-state index contributed by atoms with van der Waals surface area (Å²) in [7, 11) is 0. The van der Waals surface area contributed by atoms with Crippen molar-refractivity contribution in [3.8, 4) is 0 Å². The fourth-order valence-corrected chi connectivity index (χ4v) is 3.59. The van der Waals surface area contributed by atoms with Crippen LogP contribution in [0.4, 0.5) is 11.4 Å². The molecule has 0 atom stereocenters. The van der Waals surface area contributed by atoms with E-state index in [1.807, 2.05) is 61.5 Å². The molecule has 3 aromatic carbocycles. The van der Waals surface area contributed by atoms with Crippen LogP contribution >= 0.6 is 15.9 Å². The third kappa shape index (κ3) is 6.65. The zero-order chi connectivity index (χ0) is 22.2. The molecule has 0 unspecified atom stereocenters. The number of hydrogen-bond acceptors (Lipinski definition) is 4. The van der Waals surface area contributed by atoms with Gasteiger partial charge < -0.3 is 15.4 Å². The van der Waals surface area contributed by atoms with Gasteiger partial charge in [-0.05, 0) is 48.6 Å². The number of carbonyl (C=O) groups is 3. The summed E-state index contributed by atoms with van der Waals surface area (Å²) < 4.78 is 5.92. The maximum Gasteiger partial charge on any atom is 0.306 e. The Morgan fingerprint density at radius 3 is 2.42 bits per heavy atom. The molecule has 0 saturated carbocycles. The van der Waals surface area contributed by atoms with Gasteiger partial charge in [-0.1, -0.05) is 52.3 Å². The number of esters is 1. The summed E-state index contributed by atoms with van der Waals surface area (Å²) in [5.74, 6) is -1.10. The quantitative estimate of drug-likeness (QED) is 0.432. The van der Waals surface area contributed by atoms with Crippen molar-refractivity contribution in [2.45, 2.75) is 26.2 Å². The van der Waals surface area contributed by atoms with Gasteiger partial charge in [0.15, 0.2) is 6.61 Å². The van der Waals surface area contributed by atoms with Gasteiger partial charge in [0.2, 0.25) is 5.91 Å². The van der Waals surface area contributed by atoms with Gasteiger partial charge in [-0.25, -0.2) is 0 Å². The Hall–Kier alpha value is -3.19. The van der Waals surface area contributed by atoms with E-state index in [4.69, 9.17) is 4.74 Å². The number of benzene rings is 3. The average Bonchev–Trinajstić information content (AvgIpc) is 2.74. The summed E-state index contributed by atoms with van der Waals surface area (Å²) in [6, 6.07) is 19.0. The lowest BCUT2D eigenvalue weighted by Crippen LogP contribution is -2.21. The number of carbonyl (C=O) groups excluding carboxylic acids is 3.